The number of carboxylic acids is 1. The van der Waals surface area contributed by atoms with Gasteiger partial charge in [-0.25, -0.2) is 9.59 Å². The van der Waals surface area contributed by atoms with E-state index < -0.39 is 5.97 Å². The molecule has 0 aliphatic carbocycles. The number of carbonyl (C=O) groups excluding carboxylic acids is 1. The van der Waals surface area contributed by atoms with Crippen molar-refractivity contribution in [1.29, 1.82) is 0 Å². The lowest BCUT2D eigenvalue weighted by Gasteiger charge is -2.33. The molecule has 22 heavy (non-hydrogen) atoms. The van der Waals surface area contributed by atoms with Crippen molar-refractivity contribution in [3.63, 3.8) is 0 Å². The van der Waals surface area contributed by atoms with Crippen LogP contribution in [-0.4, -0.2) is 46.5 Å². The normalized spacial score (nSPS) is 13.2. The number of carboxylic acid groups (broad SMARTS) is 1. The molecule has 1 N–H and O–H groups in total. The Hall–Kier alpha value is -2.56. The first-order valence-electron chi connectivity index (χ1n) is 7.18. The van der Waals surface area contributed by atoms with Crippen LogP contribution in [0.2, 0.25) is 0 Å². The summed E-state index contributed by atoms with van der Waals surface area (Å²) in [5.74, 6) is -0.958. The maximum Gasteiger partial charge on any atom is 0.336 e. The van der Waals surface area contributed by atoms with E-state index in [9.17, 15) is 14.7 Å². The SMILES string of the molecule is C=CCN(CC=C)C(=O)N1CCc2cccc(C(=O)O)c2C1. The summed E-state index contributed by atoms with van der Waals surface area (Å²) >= 11 is 0. The molecular formula is C17H20N2O3. The minimum atomic E-state index is -0.958. The standard InChI is InChI=1S/C17H20N2O3/c1-3-9-18(10-4-2)17(22)19-11-8-13-6-5-7-14(16(20)21)15(13)12-19/h3-7H,1-2,8-12H2,(H,20,21). The molecule has 2 rings (SSSR count). The van der Waals surface area contributed by atoms with Gasteiger partial charge in [-0.3, -0.25) is 0 Å². The highest BCUT2D eigenvalue weighted by atomic mass is 16.4. The summed E-state index contributed by atoms with van der Waals surface area (Å²) in [5, 5.41) is 9.30. The van der Waals surface area contributed by atoms with E-state index in [2.05, 4.69) is 13.2 Å². The van der Waals surface area contributed by atoms with Crippen LogP contribution in [0, 0.1) is 0 Å². The van der Waals surface area contributed by atoms with Gasteiger partial charge in [0.15, 0.2) is 0 Å². The molecule has 1 aliphatic rings. The molecule has 0 saturated heterocycles. The Labute approximate surface area is 130 Å². The third-order valence-corrected chi connectivity index (χ3v) is 3.74. The summed E-state index contributed by atoms with van der Waals surface area (Å²) < 4.78 is 0. The van der Waals surface area contributed by atoms with Crippen LogP contribution in [0.15, 0.2) is 43.5 Å². The minimum Gasteiger partial charge on any atom is -0.478 e. The van der Waals surface area contributed by atoms with E-state index in [1.54, 1.807) is 34.1 Å². The second-order valence-corrected chi connectivity index (χ2v) is 5.18. The molecule has 0 radical (unpaired) electrons. The van der Waals surface area contributed by atoms with E-state index in [-0.39, 0.29) is 11.6 Å². The van der Waals surface area contributed by atoms with E-state index in [0.717, 1.165) is 11.1 Å². The number of aromatic carboxylic acids is 1. The van der Waals surface area contributed by atoms with Crippen molar-refractivity contribution < 1.29 is 14.7 Å². The second kappa shape index (κ2) is 6.93. The van der Waals surface area contributed by atoms with E-state index >= 15 is 0 Å². The van der Waals surface area contributed by atoms with E-state index in [1.807, 2.05) is 6.07 Å². The van der Waals surface area contributed by atoms with Crippen LogP contribution in [0.3, 0.4) is 0 Å². The van der Waals surface area contributed by atoms with Gasteiger partial charge in [0.05, 0.1) is 5.56 Å². The minimum absolute atomic E-state index is 0.120. The first kappa shape index (κ1) is 15.8. The number of hydrogen-bond acceptors (Lipinski definition) is 2. The third kappa shape index (κ3) is 3.19. The van der Waals surface area contributed by atoms with Crippen LogP contribution in [0.25, 0.3) is 0 Å². The third-order valence-electron chi connectivity index (χ3n) is 3.74. The molecule has 0 spiro atoms. The number of amides is 2. The van der Waals surface area contributed by atoms with Gasteiger partial charge in [0.2, 0.25) is 0 Å². The Morgan fingerprint density at radius 3 is 2.55 bits per heavy atom. The molecule has 0 unspecified atom stereocenters. The van der Waals surface area contributed by atoms with Crippen molar-refractivity contribution in [1.82, 2.24) is 9.80 Å². The van der Waals surface area contributed by atoms with Crippen molar-refractivity contribution in [2.45, 2.75) is 13.0 Å². The highest BCUT2D eigenvalue weighted by Crippen LogP contribution is 2.23. The van der Waals surface area contributed by atoms with E-state index in [0.29, 0.717) is 32.6 Å². The molecule has 116 valence electrons. The molecular weight excluding hydrogens is 280 g/mol. The topological polar surface area (TPSA) is 60.9 Å². The predicted octanol–water partition coefficient (Wildman–Crippen LogP) is 2.54. The summed E-state index contributed by atoms with van der Waals surface area (Å²) in [5.41, 5.74) is 2.00. The number of fused-ring (bicyclic) bond motifs is 1. The molecule has 5 nitrogen and oxygen atoms in total. The summed E-state index contributed by atoms with van der Waals surface area (Å²) in [4.78, 5) is 27.2. The summed E-state index contributed by atoms with van der Waals surface area (Å²) in [6.07, 6.45) is 4.00. The highest BCUT2D eigenvalue weighted by molar-refractivity contribution is 5.90. The van der Waals surface area contributed by atoms with Gasteiger partial charge in [-0.15, -0.1) is 13.2 Å². The van der Waals surface area contributed by atoms with E-state index in [1.165, 1.54) is 0 Å². The van der Waals surface area contributed by atoms with Gasteiger partial charge in [0.1, 0.15) is 0 Å². The number of nitrogens with zero attached hydrogens (tertiary/aromatic N) is 2. The Kier molecular flexibility index (Phi) is 4.99. The fourth-order valence-corrected chi connectivity index (χ4v) is 2.69. The van der Waals surface area contributed by atoms with Crippen LogP contribution in [0.1, 0.15) is 21.5 Å². The number of carbonyl (C=O) groups is 2. The Balaban J connectivity index is 2.23. The van der Waals surface area contributed by atoms with Gasteiger partial charge in [0.25, 0.3) is 0 Å². The van der Waals surface area contributed by atoms with Crippen molar-refractivity contribution in [3.8, 4) is 0 Å². The summed E-state index contributed by atoms with van der Waals surface area (Å²) in [6.45, 7) is 9.10. The van der Waals surface area contributed by atoms with Gasteiger partial charge in [-0.05, 0) is 23.6 Å². The van der Waals surface area contributed by atoms with Crippen LogP contribution in [0.4, 0.5) is 4.79 Å². The number of urea groups is 1. The van der Waals surface area contributed by atoms with Gasteiger partial charge < -0.3 is 14.9 Å². The average molecular weight is 300 g/mol. The molecule has 0 fully saturated rings. The molecule has 5 heteroatoms. The summed E-state index contributed by atoms with van der Waals surface area (Å²) in [6, 6.07) is 5.14. The Bertz CT molecular complexity index is 600. The molecule has 2 amide bonds. The predicted molar refractivity (Wildman–Crippen MR) is 84.9 cm³/mol. The second-order valence-electron chi connectivity index (χ2n) is 5.18. The summed E-state index contributed by atoms with van der Waals surface area (Å²) in [7, 11) is 0. The zero-order valence-corrected chi connectivity index (χ0v) is 12.5. The lowest BCUT2D eigenvalue weighted by atomic mass is 9.95. The fourth-order valence-electron chi connectivity index (χ4n) is 2.69. The van der Waals surface area contributed by atoms with Gasteiger partial charge in [0, 0.05) is 26.2 Å². The molecule has 0 saturated carbocycles. The molecule has 1 aromatic rings. The zero-order valence-electron chi connectivity index (χ0n) is 12.5. The maximum atomic E-state index is 12.6. The number of rotatable bonds is 5. The molecule has 0 atom stereocenters. The van der Waals surface area contributed by atoms with Crippen LogP contribution < -0.4 is 0 Å². The molecule has 1 aromatic carbocycles. The number of hydrogen-bond donors (Lipinski definition) is 1. The quantitative estimate of drug-likeness (QED) is 0.850. The van der Waals surface area contributed by atoms with Gasteiger partial charge in [-0.2, -0.15) is 0 Å². The Morgan fingerprint density at radius 2 is 1.95 bits per heavy atom. The first-order valence-corrected chi connectivity index (χ1v) is 7.18. The van der Waals surface area contributed by atoms with Gasteiger partial charge in [-0.1, -0.05) is 24.3 Å². The monoisotopic (exact) mass is 300 g/mol. The van der Waals surface area contributed by atoms with Crippen molar-refractivity contribution >= 4 is 12.0 Å². The Morgan fingerprint density at radius 1 is 1.27 bits per heavy atom. The lowest BCUT2D eigenvalue weighted by molar-refractivity contribution is 0.0693. The van der Waals surface area contributed by atoms with Crippen molar-refractivity contribution in [3.05, 3.63) is 60.2 Å². The first-order chi connectivity index (χ1) is 10.6. The number of benzene rings is 1. The largest absolute Gasteiger partial charge is 0.478 e. The fraction of sp³-hybridized carbons (Fsp3) is 0.294. The molecule has 0 aromatic heterocycles. The smallest absolute Gasteiger partial charge is 0.336 e. The molecule has 1 aliphatic heterocycles. The molecule has 1 heterocycles. The maximum absolute atomic E-state index is 12.6. The average Bonchev–Trinajstić information content (AvgIpc) is 2.52. The van der Waals surface area contributed by atoms with Crippen molar-refractivity contribution in [2.75, 3.05) is 19.6 Å². The lowest BCUT2D eigenvalue weighted by Crippen LogP contribution is -2.45. The van der Waals surface area contributed by atoms with Gasteiger partial charge >= 0.3 is 12.0 Å². The van der Waals surface area contributed by atoms with Crippen molar-refractivity contribution in [2.24, 2.45) is 0 Å². The van der Waals surface area contributed by atoms with Crippen LogP contribution in [-0.2, 0) is 13.0 Å². The van der Waals surface area contributed by atoms with Crippen LogP contribution in [0.5, 0.6) is 0 Å². The molecule has 0 bridgehead atoms. The van der Waals surface area contributed by atoms with E-state index in [4.69, 9.17) is 0 Å². The zero-order chi connectivity index (χ0) is 16.1. The highest BCUT2D eigenvalue weighted by Gasteiger charge is 2.26. The van der Waals surface area contributed by atoms with Crippen LogP contribution >= 0.6 is 0 Å².